The summed E-state index contributed by atoms with van der Waals surface area (Å²) in [6.07, 6.45) is 5.09. The summed E-state index contributed by atoms with van der Waals surface area (Å²) >= 11 is 5.92. The summed E-state index contributed by atoms with van der Waals surface area (Å²) in [4.78, 5) is 4.33. The average molecular weight is 276 g/mol. The molecule has 1 aliphatic rings. The van der Waals surface area contributed by atoms with E-state index in [1.807, 2.05) is 24.7 Å². The number of aromatic nitrogens is 2. The normalized spacial score (nSPS) is 22.8. The van der Waals surface area contributed by atoms with Gasteiger partial charge in [0.2, 0.25) is 0 Å². The van der Waals surface area contributed by atoms with Crippen molar-refractivity contribution in [2.24, 2.45) is 0 Å². The van der Waals surface area contributed by atoms with Gasteiger partial charge in [-0.25, -0.2) is 4.98 Å². The van der Waals surface area contributed by atoms with Crippen molar-refractivity contribution in [1.82, 2.24) is 14.9 Å². The monoisotopic (exact) mass is 275 g/mol. The molecule has 3 nitrogen and oxygen atoms in total. The SMILES string of the molecule is CC1(c2cncn2Cc2ccc(Cl)cc2)CCNC1. The molecule has 100 valence electrons. The van der Waals surface area contributed by atoms with E-state index < -0.39 is 0 Å². The minimum absolute atomic E-state index is 0.197. The molecule has 0 aliphatic carbocycles. The van der Waals surface area contributed by atoms with Gasteiger partial charge < -0.3 is 9.88 Å². The van der Waals surface area contributed by atoms with Gasteiger partial charge in [-0.1, -0.05) is 30.7 Å². The summed E-state index contributed by atoms with van der Waals surface area (Å²) in [5.74, 6) is 0. The Morgan fingerprint density at radius 1 is 1.37 bits per heavy atom. The number of hydrogen-bond acceptors (Lipinski definition) is 2. The van der Waals surface area contributed by atoms with E-state index in [2.05, 4.69) is 33.9 Å². The lowest BCUT2D eigenvalue weighted by molar-refractivity contribution is 0.481. The van der Waals surface area contributed by atoms with Crippen LogP contribution in [0.4, 0.5) is 0 Å². The Bertz CT molecular complexity index is 553. The lowest BCUT2D eigenvalue weighted by atomic mass is 9.86. The highest BCUT2D eigenvalue weighted by atomic mass is 35.5. The first-order valence-corrected chi connectivity index (χ1v) is 7.01. The van der Waals surface area contributed by atoms with E-state index in [9.17, 15) is 0 Å². The quantitative estimate of drug-likeness (QED) is 0.934. The second-order valence-electron chi connectivity index (χ2n) is 5.52. The first kappa shape index (κ1) is 12.7. The van der Waals surface area contributed by atoms with Gasteiger partial charge in [0.15, 0.2) is 0 Å². The molecule has 1 aliphatic heterocycles. The van der Waals surface area contributed by atoms with Crippen molar-refractivity contribution in [1.29, 1.82) is 0 Å². The Morgan fingerprint density at radius 3 is 2.84 bits per heavy atom. The highest BCUT2D eigenvalue weighted by Gasteiger charge is 2.33. The highest BCUT2D eigenvalue weighted by molar-refractivity contribution is 6.30. The summed E-state index contributed by atoms with van der Waals surface area (Å²) in [5.41, 5.74) is 2.76. The maximum atomic E-state index is 5.92. The van der Waals surface area contributed by atoms with Crippen LogP contribution < -0.4 is 5.32 Å². The first-order chi connectivity index (χ1) is 9.17. The second-order valence-corrected chi connectivity index (χ2v) is 5.96. The standard InChI is InChI=1S/C15H18ClN3/c1-15(6-7-17-10-15)14-8-18-11-19(14)9-12-2-4-13(16)5-3-12/h2-5,8,11,17H,6-7,9-10H2,1H3. The number of rotatable bonds is 3. The Hall–Kier alpha value is -1.32. The molecule has 1 atom stereocenters. The fourth-order valence-electron chi connectivity index (χ4n) is 2.77. The number of imidazole rings is 1. The molecule has 4 heteroatoms. The molecule has 1 N–H and O–H groups in total. The lowest BCUT2D eigenvalue weighted by Gasteiger charge is -2.24. The topological polar surface area (TPSA) is 29.9 Å². The molecule has 0 saturated carbocycles. The molecule has 1 fully saturated rings. The predicted molar refractivity (Wildman–Crippen MR) is 77.6 cm³/mol. The van der Waals surface area contributed by atoms with Gasteiger partial charge in [-0.2, -0.15) is 0 Å². The zero-order chi connectivity index (χ0) is 13.3. The van der Waals surface area contributed by atoms with Crippen LogP contribution in [0.5, 0.6) is 0 Å². The van der Waals surface area contributed by atoms with E-state index in [0.29, 0.717) is 0 Å². The second kappa shape index (κ2) is 4.99. The molecule has 0 spiro atoms. The minimum atomic E-state index is 0.197. The van der Waals surface area contributed by atoms with Gasteiger partial charge >= 0.3 is 0 Å². The zero-order valence-corrected chi connectivity index (χ0v) is 11.8. The summed E-state index contributed by atoms with van der Waals surface area (Å²) in [6.45, 7) is 5.27. The summed E-state index contributed by atoms with van der Waals surface area (Å²) in [6, 6.07) is 8.02. The van der Waals surface area contributed by atoms with Gasteiger partial charge in [-0.3, -0.25) is 0 Å². The van der Waals surface area contributed by atoms with Gasteiger partial charge in [0.25, 0.3) is 0 Å². The van der Waals surface area contributed by atoms with Crippen LogP contribution in [0.1, 0.15) is 24.6 Å². The van der Waals surface area contributed by atoms with Crippen molar-refractivity contribution >= 4 is 11.6 Å². The summed E-state index contributed by atoms with van der Waals surface area (Å²) < 4.78 is 2.25. The van der Waals surface area contributed by atoms with E-state index in [1.165, 1.54) is 17.7 Å². The molecular weight excluding hydrogens is 258 g/mol. The van der Waals surface area contributed by atoms with Gasteiger partial charge in [-0.05, 0) is 30.7 Å². The van der Waals surface area contributed by atoms with Crippen LogP contribution in [0, 0.1) is 0 Å². The van der Waals surface area contributed by atoms with E-state index in [0.717, 1.165) is 24.7 Å². The van der Waals surface area contributed by atoms with Crippen molar-refractivity contribution in [3.63, 3.8) is 0 Å². The molecule has 0 radical (unpaired) electrons. The van der Waals surface area contributed by atoms with Gasteiger partial charge in [-0.15, -0.1) is 0 Å². The van der Waals surface area contributed by atoms with Crippen LogP contribution in [0.25, 0.3) is 0 Å². The largest absolute Gasteiger partial charge is 0.330 e. The third-order valence-corrected chi connectivity index (χ3v) is 4.22. The van der Waals surface area contributed by atoms with E-state index in [4.69, 9.17) is 11.6 Å². The Morgan fingerprint density at radius 2 is 2.16 bits per heavy atom. The summed E-state index contributed by atoms with van der Waals surface area (Å²) in [5, 5.41) is 4.22. The van der Waals surface area contributed by atoms with Crippen molar-refractivity contribution in [2.75, 3.05) is 13.1 Å². The molecule has 0 amide bonds. The van der Waals surface area contributed by atoms with Crippen LogP contribution in [-0.4, -0.2) is 22.6 Å². The number of nitrogens with zero attached hydrogens (tertiary/aromatic N) is 2. The van der Waals surface area contributed by atoms with Crippen molar-refractivity contribution in [2.45, 2.75) is 25.3 Å². The third-order valence-electron chi connectivity index (χ3n) is 3.97. The van der Waals surface area contributed by atoms with Gasteiger partial charge in [0.05, 0.1) is 6.33 Å². The maximum Gasteiger partial charge on any atom is 0.0951 e. The smallest absolute Gasteiger partial charge is 0.0951 e. The molecule has 19 heavy (non-hydrogen) atoms. The Labute approximate surface area is 118 Å². The van der Waals surface area contributed by atoms with Gasteiger partial charge in [0, 0.05) is 35.4 Å². The third kappa shape index (κ3) is 2.53. The molecule has 1 aromatic carbocycles. The Kier molecular flexibility index (Phi) is 3.33. The summed E-state index contributed by atoms with van der Waals surface area (Å²) in [7, 11) is 0. The fourth-order valence-corrected chi connectivity index (χ4v) is 2.90. The Balaban J connectivity index is 1.86. The number of halogens is 1. The zero-order valence-electron chi connectivity index (χ0n) is 11.1. The number of hydrogen-bond donors (Lipinski definition) is 1. The van der Waals surface area contributed by atoms with Crippen LogP contribution in [0.3, 0.4) is 0 Å². The van der Waals surface area contributed by atoms with E-state index in [1.54, 1.807) is 0 Å². The number of benzene rings is 1. The van der Waals surface area contributed by atoms with Crippen molar-refractivity contribution < 1.29 is 0 Å². The minimum Gasteiger partial charge on any atom is -0.330 e. The lowest BCUT2D eigenvalue weighted by Crippen LogP contribution is -2.28. The molecule has 1 unspecified atom stereocenters. The molecule has 2 aromatic rings. The van der Waals surface area contributed by atoms with Crippen LogP contribution >= 0.6 is 11.6 Å². The van der Waals surface area contributed by atoms with E-state index >= 15 is 0 Å². The van der Waals surface area contributed by atoms with Crippen molar-refractivity contribution in [3.8, 4) is 0 Å². The molecule has 2 heterocycles. The fraction of sp³-hybridized carbons (Fsp3) is 0.400. The molecule has 1 saturated heterocycles. The highest BCUT2D eigenvalue weighted by Crippen LogP contribution is 2.30. The average Bonchev–Trinajstić information content (AvgIpc) is 3.02. The van der Waals surface area contributed by atoms with Crippen LogP contribution in [0.2, 0.25) is 5.02 Å². The molecule has 0 bridgehead atoms. The van der Waals surface area contributed by atoms with E-state index in [-0.39, 0.29) is 5.41 Å². The molecular formula is C15H18ClN3. The predicted octanol–water partition coefficient (Wildman–Crippen LogP) is 2.84. The number of nitrogens with one attached hydrogen (secondary N) is 1. The van der Waals surface area contributed by atoms with Crippen LogP contribution in [0.15, 0.2) is 36.8 Å². The first-order valence-electron chi connectivity index (χ1n) is 6.63. The molecule has 1 aromatic heterocycles. The van der Waals surface area contributed by atoms with Gasteiger partial charge in [0.1, 0.15) is 0 Å². The maximum absolute atomic E-state index is 5.92. The molecule has 3 rings (SSSR count). The van der Waals surface area contributed by atoms with Crippen molar-refractivity contribution in [3.05, 3.63) is 53.1 Å². The van der Waals surface area contributed by atoms with Crippen LogP contribution in [-0.2, 0) is 12.0 Å².